The second kappa shape index (κ2) is 7.05. The van der Waals surface area contributed by atoms with E-state index in [4.69, 9.17) is 9.47 Å². The lowest BCUT2D eigenvalue weighted by Crippen LogP contribution is -2.44. The highest BCUT2D eigenvalue weighted by Gasteiger charge is 2.35. The summed E-state index contributed by atoms with van der Waals surface area (Å²) in [5.74, 6) is 1.04. The van der Waals surface area contributed by atoms with Gasteiger partial charge in [-0.05, 0) is 54.5 Å². The molecule has 2 fully saturated rings. The SMILES string of the molecule is Cc1ccsc1C(=O)N(Cc1ccc(OCC2(C)COC2)cc1)C1CC1. The largest absolute Gasteiger partial charge is 0.493 e. The number of nitrogens with zero attached hydrogens (tertiary/aromatic N) is 1. The Balaban J connectivity index is 1.40. The van der Waals surface area contributed by atoms with Gasteiger partial charge in [0.05, 0.1) is 24.7 Å². The molecule has 1 aliphatic heterocycles. The lowest BCUT2D eigenvalue weighted by molar-refractivity contribution is -0.120. The van der Waals surface area contributed by atoms with Crippen molar-refractivity contribution in [2.75, 3.05) is 19.8 Å². The molecule has 2 heterocycles. The van der Waals surface area contributed by atoms with Crippen LogP contribution in [0, 0.1) is 12.3 Å². The third-order valence-corrected chi connectivity index (χ3v) is 6.07. The zero-order chi connectivity index (χ0) is 18.1. The van der Waals surface area contributed by atoms with Crippen LogP contribution in [0.2, 0.25) is 0 Å². The maximum absolute atomic E-state index is 12.9. The highest BCUT2D eigenvalue weighted by molar-refractivity contribution is 7.12. The minimum atomic E-state index is 0.145. The summed E-state index contributed by atoms with van der Waals surface area (Å²) >= 11 is 1.54. The van der Waals surface area contributed by atoms with Crippen molar-refractivity contribution in [3.63, 3.8) is 0 Å². The fourth-order valence-electron chi connectivity index (χ4n) is 3.15. The number of thiophene rings is 1. The van der Waals surface area contributed by atoms with Crippen LogP contribution in [0.4, 0.5) is 0 Å². The number of ether oxygens (including phenoxy) is 2. The lowest BCUT2D eigenvalue weighted by atomic mass is 9.90. The fourth-order valence-corrected chi connectivity index (χ4v) is 4.03. The first-order valence-electron chi connectivity index (χ1n) is 9.19. The molecular formula is C21H25NO3S. The van der Waals surface area contributed by atoms with Gasteiger partial charge >= 0.3 is 0 Å². The molecule has 138 valence electrons. The van der Waals surface area contributed by atoms with Gasteiger partial charge in [-0.2, -0.15) is 0 Å². The summed E-state index contributed by atoms with van der Waals surface area (Å²) in [6.45, 7) is 7.06. The van der Waals surface area contributed by atoms with E-state index >= 15 is 0 Å². The van der Waals surface area contributed by atoms with E-state index in [-0.39, 0.29) is 11.3 Å². The van der Waals surface area contributed by atoms with Gasteiger partial charge in [0, 0.05) is 18.0 Å². The monoisotopic (exact) mass is 371 g/mol. The van der Waals surface area contributed by atoms with E-state index in [2.05, 4.69) is 19.1 Å². The second-order valence-corrected chi connectivity index (χ2v) is 8.75. The van der Waals surface area contributed by atoms with Gasteiger partial charge in [-0.3, -0.25) is 4.79 Å². The average molecular weight is 372 g/mol. The Bertz CT molecular complexity index is 775. The molecule has 1 amide bonds. The number of benzene rings is 1. The third kappa shape index (κ3) is 3.79. The molecule has 4 rings (SSSR count). The van der Waals surface area contributed by atoms with E-state index in [0.717, 1.165) is 47.8 Å². The van der Waals surface area contributed by atoms with Crippen molar-refractivity contribution in [2.24, 2.45) is 5.41 Å². The van der Waals surface area contributed by atoms with Crippen LogP contribution in [-0.2, 0) is 11.3 Å². The first-order chi connectivity index (χ1) is 12.5. The standard InChI is InChI=1S/C21H25NO3S/c1-15-9-10-26-19(15)20(23)22(17-5-6-17)11-16-3-7-18(8-4-16)25-14-21(2)12-24-13-21/h3-4,7-10,17H,5-6,11-14H2,1-2H3. The van der Waals surface area contributed by atoms with Gasteiger partial charge in [0.2, 0.25) is 0 Å². The van der Waals surface area contributed by atoms with Crippen LogP contribution in [0.3, 0.4) is 0 Å². The molecule has 1 saturated heterocycles. The predicted octanol–water partition coefficient (Wildman–Crippen LogP) is 4.28. The van der Waals surface area contributed by atoms with Crippen LogP contribution in [0.15, 0.2) is 35.7 Å². The molecule has 0 spiro atoms. The van der Waals surface area contributed by atoms with Crippen LogP contribution in [0.1, 0.15) is 40.6 Å². The maximum Gasteiger partial charge on any atom is 0.264 e. The first kappa shape index (κ1) is 17.6. The topological polar surface area (TPSA) is 38.8 Å². The van der Waals surface area contributed by atoms with E-state index < -0.39 is 0 Å². The van der Waals surface area contributed by atoms with Crippen LogP contribution in [0.5, 0.6) is 5.75 Å². The Morgan fingerprint density at radius 1 is 1.27 bits per heavy atom. The summed E-state index contributed by atoms with van der Waals surface area (Å²) in [5, 5.41) is 1.99. The van der Waals surface area contributed by atoms with Crippen molar-refractivity contribution in [1.29, 1.82) is 0 Å². The van der Waals surface area contributed by atoms with Crippen LogP contribution < -0.4 is 4.74 Å². The Labute approximate surface area is 158 Å². The Morgan fingerprint density at radius 2 is 2.00 bits per heavy atom. The summed E-state index contributed by atoms with van der Waals surface area (Å²) in [5.41, 5.74) is 2.36. The maximum atomic E-state index is 12.9. The highest BCUT2D eigenvalue weighted by Crippen LogP contribution is 2.32. The Morgan fingerprint density at radius 3 is 2.54 bits per heavy atom. The molecule has 0 bridgehead atoms. The van der Waals surface area contributed by atoms with Crippen molar-refractivity contribution >= 4 is 17.2 Å². The molecule has 1 aromatic heterocycles. The summed E-state index contributed by atoms with van der Waals surface area (Å²) < 4.78 is 11.2. The van der Waals surface area contributed by atoms with Gasteiger partial charge in [0.25, 0.3) is 5.91 Å². The summed E-state index contributed by atoms with van der Waals surface area (Å²) in [7, 11) is 0. The highest BCUT2D eigenvalue weighted by atomic mass is 32.1. The average Bonchev–Trinajstić information content (AvgIpc) is 3.37. The predicted molar refractivity (Wildman–Crippen MR) is 103 cm³/mol. The van der Waals surface area contributed by atoms with E-state index in [9.17, 15) is 4.79 Å². The van der Waals surface area contributed by atoms with Crippen molar-refractivity contribution in [1.82, 2.24) is 4.90 Å². The van der Waals surface area contributed by atoms with Gasteiger partial charge < -0.3 is 14.4 Å². The number of amides is 1. The molecule has 1 saturated carbocycles. The fraction of sp³-hybridized carbons (Fsp3) is 0.476. The van der Waals surface area contributed by atoms with E-state index in [1.54, 1.807) is 0 Å². The number of carbonyl (C=O) groups is 1. The van der Waals surface area contributed by atoms with Crippen molar-refractivity contribution < 1.29 is 14.3 Å². The van der Waals surface area contributed by atoms with E-state index in [1.807, 2.05) is 35.4 Å². The van der Waals surface area contributed by atoms with E-state index in [0.29, 0.717) is 19.2 Å². The third-order valence-electron chi connectivity index (χ3n) is 5.07. The molecule has 0 unspecified atom stereocenters. The van der Waals surface area contributed by atoms with Gasteiger partial charge in [-0.1, -0.05) is 19.1 Å². The van der Waals surface area contributed by atoms with Crippen molar-refractivity contribution in [3.8, 4) is 5.75 Å². The zero-order valence-electron chi connectivity index (χ0n) is 15.4. The van der Waals surface area contributed by atoms with Gasteiger partial charge in [0.1, 0.15) is 5.75 Å². The van der Waals surface area contributed by atoms with Crippen LogP contribution in [0.25, 0.3) is 0 Å². The molecule has 5 heteroatoms. The molecule has 1 aromatic carbocycles. The smallest absolute Gasteiger partial charge is 0.264 e. The molecule has 2 aromatic rings. The molecule has 0 N–H and O–H groups in total. The van der Waals surface area contributed by atoms with Crippen molar-refractivity contribution in [3.05, 3.63) is 51.7 Å². The number of carbonyl (C=O) groups excluding carboxylic acids is 1. The minimum Gasteiger partial charge on any atom is -0.493 e. The number of hydrogen-bond donors (Lipinski definition) is 0. The zero-order valence-corrected chi connectivity index (χ0v) is 16.2. The molecule has 0 radical (unpaired) electrons. The van der Waals surface area contributed by atoms with E-state index in [1.165, 1.54) is 11.3 Å². The number of rotatable bonds is 7. The van der Waals surface area contributed by atoms with Crippen LogP contribution in [-0.4, -0.2) is 36.7 Å². The quantitative estimate of drug-likeness (QED) is 0.729. The van der Waals surface area contributed by atoms with Crippen LogP contribution >= 0.6 is 11.3 Å². The normalized spacial score (nSPS) is 18.2. The summed E-state index contributed by atoms with van der Waals surface area (Å²) in [6.07, 6.45) is 2.22. The van der Waals surface area contributed by atoms with Crippen molar-refractivity contribution in [2.45, 2.75) is 39.3 Å². The molecule has 0 atom stereocenters. The Kier molecular flexibility index (Phi) is 4.76. The summed E-state index contributed by atoms with van der Waals surface area (Å²) in [4.78, 5) is 15.8. The molecule has 1 aliphatic carbocycles. The molecular weight excluding hydrogens is 346 g/mol. The number of hydrogen-bond acceptors (Lipinski definition) is 4. The summed E-state index contributed by atoms with van der Waals surface area (Å²) in [6, 6.07) is 10.5. The molecule has 2 aliphatic rings. The minimum absolute atomic E-state index is 0.145. The Hall–Kier alpha value is -1.85. The number of aryl methyl sites for hydroxylation is 1. The molecule has 26 heavy (non-hydrogen) atoms. The lowest BCUT2D eigenvalue weighted by Gasteiger charge is -2.37. The van der Waals surface area contributed by atoms with Gasteiger partial charge in [0.15, 0.2) is 0 Å². The first-order valence-corrected chi connectivity index (χ1v) is 10.1. The van der Waals surface area contributed by atoms with Gasteiger partial charge in [-0.15, -0.1) is 11.3 Å². The second-order valence-electron chi connectivity index (χ2n) is 7.83. The molecule has 4 nitrogen and oxygen atoms in total. The van der Waals surface area contributed by atoms with Gasteiger partial charge in [-0.25, -0.2) is 0 Å².